The van der Waals surface area contributed by atoms with Crippen LogP contribution < -0.4 is 63.7 Å². The molecule has 524 valence electrons. The fraction of sp³-hybridized carbons (Fsp3) is 0.0500. The number of anilines is 2. The van der Waals surface area contributed by atoms with Crippen molar-refractivity contribution in [3.05, 3.63) is 363 Å². The van der Waals surface area contributed by atoms with E-state index in [1.165, 1.54) is 53.0 Å². The van der Waals surface area contributed by atoms with E-state index in [1.54, 1.807) is 0 Å². The topological polar surface area (TPSA) is 75.6 Å². The summed E-state index contributed by atoms with van der Waals surface area (Å²) in [5.41, 5.74) is 3.56. The van der Waals surface area contributed by atoms with E-state index in [0.29, 0.717) is 0 Å². The molecule has 0 unspecified atom stereocenters. The predicted octanol–water partition coefficient (Wildman–Crippen LogP) is 17.3. The number of benzene rings is 10. The van der Waals surface area contributed by atoms with Crippen molar-refractivity contribution in [1.29, 1.82) is 0 Å². The molecule has 0 aliphatic rings. The van der Waals surface area contributed by atoms with Crippen molar-refractivity contribution < 1.29 is 68.7 Å². The van der Waals surface area contributed by atoms with Crippen LogP contribution in [-0.2, 0) is 34.1 Å². The van der Waals surface area contributed by atoms with Crippen molar-refractivity contribution in [3.63, 3.8) is 0 Å². The molecule has 22 heteroatoms. The Morgan fingerprint density at radius 1 is 0.245 bits per heavy atom. The van der Waals surface area contributed by atoms with E-state index in [4.69, 9.17) is 0 Å². The summed E-state index contributed by atoms with van der Waals surface area (Å²) >= 11 is 0. The number of fused-ring (bicyclic) bond motifs is 2. The number of nitrogens with zero attached hydrogens (tertiary/aromatic N) is 4. The van der Waals surface area contributed by atoms with Gasteiger partial charge in [-0.2, -0.15) is 0 Å². The smallest absolute Gasteiger partial charge is 0.418 e. The number of aromatic nitrogens is 4. The minimum absolute atomic E-state index is 0. The maximum Gasteiger partial charge on any atom is 1.00 e. The van der Waals surface area contributed by atoms with Crippen LogP contribution in [0.1, 0.15) is 11.4 Å². The number of nitrogens with one attached hydrogen (secondary N) is 2. The summed E-state index contributed by atoms with van der Waals surface area (Å²) in [5, 5.41) is 23.4. The Balaban J connectivity index is 0.000000182. The van der Waals surface area contributed by atoms with Crippen molar-refractivity contribution in [2.24, 2.45) is 0 Å². The summed E-state index contributed by atoms with van der Waals surface area (Å²) in [6.07, 6.45) is 1.76. The zero-order chi connectivity index (χ0) is 70.4. The summed E-state index contributed by atoms with van der Waals surface area (Å²) in [4.78, 5) is 18.5. The molecule has 4 aromatic heterocycles. The molecule has 4 heterocycles. The largest absolute Gasteiger partial charge is 1.00 e. The SMILES string of the molecule is Cc1ccc2ccc(NC[PH+](c3ccccc3)c3ccccc3)nc2n1.Cc1ccc2ccc(NC[PH+](c3ccccc3)c3ccccc3)nc2n1.F[B-](F)(F)F.F[B-](F)(F)F.[Cu+].[Cu+].c1ccc([PH+](c2ccccc2)c2ccccc2)cc1.c1ccc([PH+](c2ccccc2)c2ccccc2)cc1. The van der Waals surface area contributed by atoms with E-state index in [0.717, 1.165) is 57.7 Å². The van der Waals surface area contributed by atoms with Gasteiger partial charge in [0, 0.05) is 22.2 Å². The van der Waals surface area contributed by atoms with Gasteiger partial charge in [-0.3, -0.25) is 0 Å². The van der Waals surface area contributed by atoms with Crippen LogP contribution in [0, 0.1) is 13.8 Å². The third-order valence-electron chi connectivity index (χ3n) is 15.1. The number of hydrogen-bond donors (Lipinski definition) is 2. The third-order valence-corrected chi connectivity index (χ3v) is 25.8. The molecular weight excluding hydrogens is 1470 g/mol. The summed E-state index contributed by atoms with van der Waals surface area (Å²) in [6, 6.07) is 124. The Kier molecular flexibility index (Phi) is 33.2. The first-order valence-corrected chi connectivity index (χ1v) is 38.6. The fourth-order valence-corrected chi connectivity index (χ4v) is 20.4. The van der Waals surface area contributed by atoms with E-state index < -0.39 is 46.2 Å². The normalized spacial score (nSPS) is 10.7. The van der Waals surface area contributed by atoms with Crippen LogP contribution in [0.3, 0.4) is 0 Å². The number of pyridine rings is 4. The zero-order valence-electron chi connectivity index (χ0n) is 55.5. The number of hydrogen-bond acceptors (Lipinski definition) is 6. The molecule has 0 saturated heterocycles. The van der Waals surface area contributed by atoms with Crippen molar-refractivity contribution >= 4 is 133 Å². The molecule has 0 radical (unpaired) electrons. The van der Waals surface area contributed by atoms with Crippen LogP contribution in [0.4, 0.5) is 46.2 Å². The third kappa shape index (κ3) is 27.2. The standard InChI is InChI=1S/2C22H20N3P.2C18H15P.2BF4.2Cu/c2*1-17-12-13-18-14-15-21(25-22(18)24-17)23-16-26(19-8-4-2-5-9-19)20-10-6-3-7-11-20;2*1-4-10-16(11-5-1)19(17-12-6-2-7-13-17)18-14-8-3-9-15-18;2*2-1(3,4)5;;/h2*2-15H,16H2,1H3,(H,23,24,25);2*1-15H;;;;/q;;;;2*-1;2*+1/p+4. The molecule has 6 nitrogen and oxygen atoms in total. The molecule has 0 aliphatic heterocycles. The van der Waals surface area contributed by atoms with Gasteiger partial charge in [-0.25, -0.2) is 19.9 Å². The van der Waals surface area contributed by atoms with Crippen molar-refractivity contribution in [3.8, 4) is 0 Å². The first-order valence-electron chi connectivity index (χ1n) is 32.2. The van der Waals surface area contributed by atoms with E-state index in [1.807, 2.05) is 38.1 Å². The average Bonchev–Trinajstić information content (AvgIpc) is 0.803. The summed E-state index contributed by atoms with van der Waals surface area (Å²) in [5.74, 6) is 1.76. The Morgan fingerprint density at radius 3 is 0.618 bits per heavy atom. The van der Waals surface area contributed by atoms with Gasteiger partial charge >= 0.3 is 48.6 Å². The van der Waals surface area contributed by atoms with Crippen LogP contribution in [-0.4, -0.2) is 47.0 Å². The van der Waals surface area contributed by atoms with Crippen molar-refractivity contribution in [1.82, 2.24) is 19.9 Å². The van der Waals surface area contributed by atoms with Crippen LogP contribution in [0.5, 0.6) is 0 Å². The van der Waals surface area contributed by atoms with Gasteiger partial charge in [0.25, 0.3) is 0 Å². The minimum atomic E-state index is -6.00. The number of halogens is 8. The van der Waals surface area contributed by atoms with Crippen molar-refractivity contribution in [2.45, 2.75) is 13.8 Å². The summed E-state index contributed by atoms with van der Waals surface area (Å²) in [7, 11) is -15.6. The molecule has 0 saturated carbocycles. The predicted molar refractivity (Wildman–Crippen MR) is 420 cm³/mol. The van der Waals surface area contributed by atoms with E-state index in [-0.39, 0.29) is 34.1 Å². The second-order valence-electron chi connectivity index (χ2n) is 22.5. The Hall–Kier alpha value is -8.75. The van der Waals surface area contributed by atoms with E-state index >= 15 is 0 Å². The quantitative estimate of drug-likeness (QED) is 0.0570. The second-order valence-corrected chi connectivity index (χ2v) is 32.4. The van der Waals surface area contributed by atoms with Gasteiger partial charge in [-0.05, 0) is 184 Å². The van der Waals surface area contributed by atoms with Gasteiger partial charge in [0.2, 0.25) is 0 Å². The van der Waals surface area contributed by atoms with Crippen LogP contribution in [0.25, 0.3) is 22.1 Å². The first-order chi connectivity index (χ1) is 48.5. The average molecular weight is 1540 g/mol. The minimum Gasteiger partial charge on any atom is -0.418 e. The number of rotatable bonds is 16. The molecule has 102 heavy (non-hydrogen) atoms. The van der Waals surface area contributed by atoms with E-state index in [9.17, 15) is 34.5 Å². The van der Waals surface area contributed by atoms with Gasteiger partial charge in [-0.15, -0.1) is 0 Å². The first kappa shape index (κ1) is 80.6. The molecular formula is C80H74B2Cu2F8N6P4+4. The van der Waals surface area contributed by atoms with Crippen molar-refractivity contribution in [2.75, 3.05) is 23.2 Å². The zero-order valence-corrected chi connectivity index (χ0v) is 61.4. The molecule has 0 bridgehead atoms. The maximum absolute atomic E-state index is 9.75. The van der Waals surface area contributed by atoms with Crippen LogP contribution >= 0.6 is 31.7 Å². The fourth-order valence-electron chi connectivity index (χ4n) is 10.7. The van der Waals surface area contributed by atoms with Gasteiger partial charge < -0.3 is 45.2 Å². The molecule has 0 atom stereocenters. The van der Waals surface area contributed by atoms with Crippen LogP contribution in [0.15, 0.2) is 352 Å². The molecule has 14 rings (SSSR count). The van der Waals surface area contributed by atoms with Gasteiger partial charge in [-0.1, -0.05) is 182 Å². The molecule has 14 aromatic rings. The second kappa shape index (κ2) is 42.0. The molecule has 2 N–H and O–H groups in total. The Labute approximate surface area is 617 Å². The maximum atomic E-state index is 9.75. The van der Waals surface area contributed by atoms with E-state index in [2.05, 4.69) is 358 Å². The van der Waals surface area contributed by atoms with Crippen LogP contribution in [0.2, 0.25) is 0 Å². The molecule has 0 fully saturated rings. The Bertz CT molecular complexity index is 4080. The molecule has 0 amide bonds. The monoisotopic (exact) mass is 1540 g/mol. The number of aryl methyl sites for hydroxylation is 2. The Morgan fingerprint density at radius 2 is 0.422 bits per heavy atom. The van der Waals surface area contributed by atoms with Gasteiger partial charge in [0.15, 0.2) is 11.3 Å². The summed E-state index contributed by atoms with van der Waals surface area (Å²) < 4.78 is 78.0. The molecule has 0 aliphatic carbocycles. The molecule has 0 spiro atoms. The van der Waals surface area contributed by atoms with Gasteiger partial charge in [0.05, 0.1) is 52.9 Å². The molecule has 10 aromatic carbocycles. The summed E-state index contributed by atoms with van der Waals surface area (Å²) in [6.45, 7) is 3.99. The van der Waals surface area contributed by atoms with Gasteiger partial charge in [0.1, 0.15) is 56.0 Å².